The van der Waals surface area contributed by atoms with E-state index >= 15 is 0 Å². The van der Waals surface area contributed by atoms with E-state index in [0.29, 0.717) is 6.42 Å². The topological polar surface area (TPSA) is 80.2 Å². The molecule has 26 heavy (non-hydrogen) atoms. The molecule has 1 aliphatic carbocycles. The van der Waals surface area contributed by atoms with E-state index in [0.717, 1.165) is 28.1 Å². The number of amides is 1. The Hall–Kier alpha value is -1.19. The quantitative estimate of drug-likeness (QED) is 0.567. The molecule has 1 aliphatic heterocycles. The van der Waals surface area contributed by atoms with Crippen LogP contribution < -0.4 is 0 Å². The van der Waals surface area contributed by atoms with E-state index in [1.54, 1.807) is 29.6 Å². The Bertz CT molecular complexity index is 970. The summed E-state index contributed by atoms with van der Waals surface area (Å²) in [5, 5.41) is 1.65. The molecule has 4 rings (SSSR count). The summed E-state index contributed by atoms with van der Waals surface area (Å²) in [5.41, 5.74) is 1.35. The van der Waals surface area contributed by atoms with Gasteiger partial charge in [0.2, 0.25) is 5.91 Å². The number of fused-ring (bicyclic) bond motifs is 3. The first kappa shape index (κ1) is 18.2. The third-order valence-corrected chi connectivity index (χ3v) is 9.24. The number of aryl methyl sites for hydroxylation is 2. The predicted molar refractivity (Wildman–Crippen MR) is 105 cm³/mol. The molecule has 2 aromatic rings. The Morgan fingerprint density at radius 1 is 1.38 bits per heavy atom. The van der Waals surface area contributed by atoms with Crippen molar-refractivity contribution in [3.63, 3.8) is 0 Å². The highest BCUT2D eigenvalue weighted by Gasteiger charge is 2.34. The van der Waals surface area contributed by atoms with Gasteiger partial charge in [-0.05, 0) is 38.2 Å². The zero-order valence-corrected chi connectivity index (χ0v) is 17.2. The minimum Gasteiger partial charge on any atom is -0.341 e. The van der Waals surface area contributed by atoms with Gasteiger partial charge in [0.15, 0.2) is 9.84 Å². The second-order valence-electron chi connectivity index (χ2n) is 6.98. The van der Waals surface area contributed by atoms with Crippen molar-refractivity contribution in [2.24, 2.45) is 0 Å². The Morgan fingerprint density at radius 2 is 2.19 bits per heavy atom. The van der Waals surface area contributed by atoms with Crippen molar-refractivity contribution in [2.45, 2.75) is 48.9 Å². The number of sulfone groups is 1. The van der Waals surface area contributed by atoms with Crippen LogP contribution in [-0.2, 0) is 27.5 Å². The van der Waals surface area contributed by atoms with Crippen molar-refractivity contribution in [3.05, 3.63) is 16.8 Å². The molecule has 9 heteroatoms. The van der Waals surface area contributed by atoms with Crippen LogP contribution in [0.15, 0.2) is 11.4 Å². The molecule has 0 saturated carbocycles. The largest absolute Gasteiger partial charge is 0.341 e. The molecule has 2 aliphatic rings. The first-order valence-electron chi connectivity index (χ1n) is 8.75. The van der Waals surface area contributed by atoms with E-state index in [1.165, 1.54) is 28.6 Å². The minimum absolute atomic E-state index is 0.0456. The molecule has 6 nitrogen and oxygen atoms in total. The summed E-state index contributed by atoms with van der Waals surface area (Å²) in [6.45, 7) is 1.87. The van der Waals surface area contributed by atoms with Crippen LogP contribution in [0.25, 0.3) is 10.2 Å². The molecular weight excluding hydrogens is 390 g/mol. The van der Waals surface area contributed by atoms with Crippen molar-refractivity contribution in [1.82, 2.24) is 14.9 Å². The van der Waals surface area contributed by atoms with Crippen LogP contribution in [-0.4, -0.2) is 59.0 Å². The van der Waals surface area contributed by atoms with Crippen LogP contribution >= 0.6 is 23.1 Å². The van der Waals surface area contributed by atoms with E-state index < -0.39 is 9.84 Å². The lowest BCUT2D eigenvalue weighted by Gasteiger charge is -2.26. The molecule has 2 aromatic heterocycles. The van der Waals surface area contributed by atoms with Crippen LogP contribution in [0.3, 0.4) is 0 Å². The van der Waals surface area contributed by atoms with Crippen molar-refractivity contribution in [3.8, 4) is 0 Å². The van der Waals surface area contributed by atoms with Crippen molar-refractivity contribution >= 4 is 49.1 Å². The molecule has 0 unspecified atom stereocenters. The third kappa shape index (κ3) is 3.25. The Morgan fingerprint density at radius 3 is 2.92 bits per heavy atom. The molecule has 0 radical (unpaired) electrons. The molecule has 1 amide bonds. The number of thiophene rings is 1. The monoisotopic (exact) mass is 411 g/mol. The number of aromatic nitrogens is 2. The first-order chi connectivity index (χ1) is 12.4. The number of rotatable bonds is 4. The highest BCUT2D eigenvalue weighted by atomic mass is 32.2. The van der Waals surface area contributed by atoms with Crippen molar-refractivity contribution in [1.29, 1.82) is 0 Å². The van der Waals surface area contributed by atoms with Gasteiger partial charge in [-0.25, -0.2) is 18.4 Å². The van der Waals surface area contributed by atoms with Gasteiger partial charge in [0.25, 0.3) is 0 Å². The lowest BCUT2D eigenvalue weighted by Crippen LogP contribution is -2.41. The number of carbonyl (C=O) groups is 1. The predicted octanol–water partition coefficient (Wildman–Crippen LogP) is 2.31. The highest BCUT2D eigenvalue weighted by molar-refractivity contribution is 8.00. The second kappa shape index (κ2) is 6.76. The molecule has 3 heterocycles. The summed E-state index contributed by atoms with van der Waals surface area (Å²) >= 11 is 3.19. The van der Waals surface area contributed by atoms with Crippen LogP contribution in [0.5, 0.6) is 0 Å². The molecule has 0 spiro atoms. The van der Waals surface area contributed by atoms with Gasteiger partial charge in [-0.15, -0.1) is 11.3 Å². The number of hydrogen-bond donors (Lipinski definition) is 0. The van der Waals surface area contributed by atoms with Gasteiger partial charge in [-0.2, -0.15) is 0 Å². The lowest BCUT2D eigenvalue weighted by molar-refractivity contribution is -0.130. The molecule has 0 aromatic carbocycles. The maximum absolute atomic E-state index is 12.8. The fourth-order valence-corrected chi connectivity index (χ4v) is 7.87. The average molecular weight is 412 g/mol. The fraction of sp³-hybridized carbons (Fsp3) is 0.588. The van der Waals surface area contributed by atoms with E-state index in [-0.39, 0.29) is 28.7 Å². The number of nitrogens with zero attached hydrogens (tertiary/aromatic N) is 3. The summed E-state index contributed by atoms with van der Waals surface area (Å²) in [7, 11) is -1.30. The first-order valence-corrected chi connectivity index (χ1v) is 12.3. The summed E-state index contributed by atoms with van der Waals surface area (Å²) in [5.74, 6) is 0.197. The third-order valence-electron chi connectivity index (χ3n) is 5.21. The van der Waals surface area contributed by atoms with Gasteiger partial charge >= 0.3 is 0 Å². The maximum atomic E-state index is 12.8. The normalized spacial score (nSPS) is 22.5. The molecule has 1 saturated heterocycles. The Balaban J connectivity index is 1.54. The van der Waals surface area contributed by atoms with E-state index in [4.69, 9.17) is 0 Å². The van der Waals surface area contributed by atoms with Crippen LogP contribution in [0.2, 0.25) is 0 Å². The molecular formula is C17H21N3O3S3. The maximum Gasteiger partial charge on any atom is 0.235 e. The van der Waals surface area contributed by atoms with Gasteiger partial charge in [0.05, 0.1) is 16.8 Å². The zero-order valence-electron chi connectivity index (χ0n) is 14.8. The SMILES string of the molecule is C[C@@H](Sc1ncnc2sc3c(c12)CCC3)C(=O)N(C)[C@@H]1CCS(=O)(=O)C1. The number of carbonyl (C=O) groups excluding carboxylic acids is 1. The Kier molecular flexibility index (Phi) is 4.73. The van der Waals surface area contributed by atoms with E-state index in [2.05, 4.69) is 9.97 Å². The van der Waals surface area contributed by atoms with Gasteiger partial charge in [0.1, 0.15) is 16.2 Å². The summed E-state index contributed by atoms with van der Waals surface area (Å²) < 4.78 is 23.4. The van der Waals surface area contributed by atoms with Crippen LogP contribution in [0.1, 0.15) is 30.2 Å². The molecule has 0 N–H and O–H groups in total. The van der Waals surface area contributed by atoms with E-state index in [9.17, 15) is 13.2 Å². The number of thioether (sulfide) groups is 1. The Labute approximate surface area is 161 Å². The fourth-order valence-electron chi connectivity index (χ4n) is 3.75. The summed E-state index contributed by atoms with van der Waals surface area (Å²) in [6, 6.07) is -0.216. The molecule has 2 atom stereocenters. The standard InChI is InChI=1S/C17H21N3O3S3/c1-10(17(21)20(2)11-6-7-26(22,23)8-11)24-15-14-12-4-3-5-13(12)25-16(14)19-9-18-15/h9-11H,3-8H2,1-2H3/t10-,11-/m1/s1. The summed E-state index contributed by atoms with van der Waals surface area (Å²) in [4.78, 5) is 25.7. The number of hydrogen-bond acceptors (Lipinski definition) is 7. The van der Waals surface area contributed by atoms with Crippen molar-refractivity contribution < 1.29 is 13.2 Å². The van der Waals surface area contributed by atoms with Gasteiger partial charge in [0, 0.05) is 23.4 Å². The highest BCUT2D eigenvalue weighted by Crippen LogP contribution is 2.41. The zero-order chi connectivity index (χ0) is 18.5. The van der Waals surface area contributed by atoms with Crippen LogP contribution in [0.4, 0.5) is 0 Å². The van der Waals surface area contributed by atoms with Gasteiger partial charge in [-0.1, -0.05) is 11.8 Å². The van der Waals surface area contributed by atoms with Gasteiger partial charge < -0.3 is 4.90 Å². The second-order valence-corrected chi connectivity index (χ2v) is 11.6. The molecule has 1 fully saturated rings. The lowest BCUT2D eigenvalue weighted by atomic mass is 10.2. The van der Waals surface area contributed by atoms with Crippen LogP contribution in [0, 0.1) is 0 Å². The minimum atomic E-state index is -3.01. The molecule has 0 bridgehead atoms. The van der Waals surface area contributed by atoms with E-state index in [1.807, 2.05) is 6.92 Å². The van der Waals surface area contributed by atoms with Crippen molar-refractivity contribution in [2.75, 3.05) is 18.6 Å². The van der Waals surface area contributed by atoms with Gasteiger partial charge in [-0.3, -0.25) is 4.79 Å². The molecule has 140 valence electrons. The average Bonchev–Trinajstić information content (AvgIpc) is 3.27. The smallest absolute Gasteiger partial charge is 0.235 e. The summed E-state index contributed by atoms with van der Waals surface area (Å²) in [6.07, 6.45) is 5.42.